The lowest BCUT2D eigenvalue weighted by Gasteiger charge is -2.29. The van der Waals surface area contributed by atoms with Crippen molar-refractivity contribution in [2.45, 2.75) is 45.1 Å². The van der Waals surface area contributed by atoms with Gasteiger partial charge in [0.15, 0.2) is 0 Å². The third-order valence-electron chi connectivity index (χ3n) is 3.40. The second-order valence-corrected chi connectivity index (χ2v) is 5.33. The lowest BCUT2D eigenvalue weighted by Crippen LogP contribution is -2.45. The molecule has 112 valence electrons. The van der Waals surface area contributed by atoms with Crippen LogP contribution < -0.4 is 11.1 Å². The maximum atomic E-state index is 11.7. The number of ether oxygens (including phenoxy) is 1. The molecule has 0 radical (unpaired) electrons. The van der Waals surface area contributed by atoms with Gasteiger partial charge in [0.2, 0.25) is 5.91 Å². The lowest BCUT2D eigenvalue weighted by atomic mass is 10.1. The van der Waals surface area contributed by atoms with Gasteiger partial charge in [0, 0.05) is 32.1 Å². The van der Waals surface area contributed by atoms with E-state index in [1.165, 1.54) is 0 Å². The summed E-state index contributed by atoms with van der Waals surface area (Å²) < 4.78 is 5.31. The molecule has 0 aliphatic carbocycles. The Morgan fingerprint density at radius 2 is 1.95 bits per heavy atom. The minimum absolute atomic E-state index is 0.175. The molecular formula is C14H29N3O2. The highest BCUT2D eigenvalue weighted by atomic mass is 16.5. The van der Waals surface area contributed by atoms with Crippen molar-refractivity contribution in [1.29, 1.82) is 0 Å². The standard InChI is InChI=1S/C14H29N3O2/c1-13(12-17-8-10-19-11-9-17)16-14(18)6-4-2-3-5-7-15/h13H,2-12,15H2,1H3,(H,16,18). The lowest BCUT2D eigenvalue weighted by molar-refractivity contribution is -0.122. The van der Waals surface area contributed by atoms with Crippen LogP contribution in [0.15, 0.2) is 0 Å². The minimum atomic E-state index is 0.175. The van der Waals surface area contributed by atoms with E-state index in [9.17, 15) is 4.79 Å². The van der Waals surface area contributed by atoms with Gasteiger partial charge in [-0.2, -0.15) is 0 Å². The summed E-state index contributed by atoms with van der Waals surface area (Å²) in [4.78, 5) is 14.1. The molecule has 1 amide bonds. The number of carbonyl (C=O) groups is 1. The van der Waals surface area contributed by atoms with Gasteiger partial charge in [0.05, 0.1) is 13.2 Å². The Kier molecular flexibility index (Phi) is 8.79. The van der Waals surface area contributed by atoms with Crippen molar-refractivity contribution >= 4 is 5.91 Å². The number of hydrogen-bond donors (Lipinski definition) is 2. The molecule has 1 fully saturated rings. The first kappa shape index (κ1) is 16.4. The zero-order chi connectivity index (χ0) is 13.9. The maximum absolute atomic E-state index is 11.7. The molecule has 5 heteroatoms. The Balaban J connectivity index is 2.03. The van der Waals surface area contributed by atoms with Crippen molar-refractivity contribution in [2.75, 3.05) is 39.4 Å². The molecule has 0 spiro atoms. The molecule has 1 unspecified atom stereocenters. The van der Waals surface area contributed by atoms with Gasteiger partial charge < -0.3 is 15.8 Å². The van der Waals surface area contributed by atoms with Gasteiger partial charge in [0.25, 0.3) is 0 Å². The third kappa shape index (κ3) is 8.18. The number of morpholine rings is 1. The van der Waals surface area contributed by atoms with E-state index in [4.69, 9.17) is 10.5 Å². The van der Waals surface area contributed by atoms with Crippen LogP contribution in [0.4, 0.5) is 0 Å². The number of nitrogens with zero attached hydrogens (tertiary/aromatic N) is 1. The summed E-state index contributed by atoms with van der Waals surface area (Å²) >= 11 is 0. The van der Waals surface area contributed by atoms with Crippen LogP contribution in [0.2, 0.25) is 0 Å². The molecule has 0 saturated carbocycles. The van der Waals surface area contributed by atoms with Crippen LogP contribution >= 0.6 is 0 Å². The smallest absolute Gasteiger partial charge is 0.220 e. The van der Waals surface area contributed by atoms with Gasteiger partial charge in [-0.1, -0.05) is 12.8 Å². The highest BCUT2D eigenvalue weighted by molar-refractivity contribution is 5.76. The van der Waals surface area contributed by atoms with Gasteiger partial charge in [0.1, 0.15) is 0 Å². The zero-order valence-corrected chi connectivity index (χ0v) is 12.2. The largest absolute Gasteiger partial charge is 0.379 e. The van der Waals surface area contributed by atoms with Crippen LogP contribution in [0, 0.1) is 0 Å². The van der Waals surface area contributed by atoms with E-state index in [2.05, 4.69) is 17.1 Å². The Morgan fingerprint density at radius 3 is 2.63 bits per heavy atom. The van der Waals surface area contributed by atoms with E-state index >= 15 is 0 Å². The van der Waals surface area contributed by atoms with E-state index in [0.717, 1.165) is 65.1 Å². The van der Waals surface area contributed by atoms with Crippen LogP contribution in [0.1, 0.15) is 39.0 Å². The first-order chi connectivity index (χ1) is 9.22. The highest BCUT2D eigenvalue weighted by Crippen LogP contribution is 2.03. The van der Waals surface area contributed by atoms with Gasteiger partial charge in [-0.15, -0.1) is 0 Å². The molecule has 0 aromatic heterocycles. The number of amides is 1. The van der Waals surface area contributed by atoms with Crippen LogP contribution in [0.3, 0.4) is 0 Å². The first-order valence-electron chi connectivity index (χ1n) is 7.52. The normalized spacial score (nSPS) is 18.2. The van der Waals surface area contributed by atoms with E-state index in [-0.39, 0.29) is 11.9 Å². The second kappa shape index (κ2) is 10.2. The molecule has 0 aromatic carbocycles. The summed E-state index contributed by atoms with van der Waals surface area (Å²) in [5.74, 6) is 0.175. The summed E-state index contributed by atoms with van der Waals surface area (Å²) in [7, 11) is 0. The maximum Gasteiger partial charge on any atom is 0.220 e. The summed E-state index contributed by atoms with van der Waals surface area (Å²) in [5, 5.41) is 3.07. The number of nitrogens with two attached hydrogens (primary N) is 1. The molecule has 1 aliphatic rings. The van der Waals surface area contributed by atoms with E-state index in [1.807, 2.05) is 0 Å². The first-order valence-corrected chi connectivity index (χ1v) is 7.52. The summed E-state index contributed by atoms with van der Waals surface area (Å²) in [6.45, 7) is 7.30. The molecule has 1 saturated heterocycles. The Hall–Kier alpha value is -0.650. The third-order valence-corrected chi connectivity index (χ3v) is 3.40. The van der Waals surface area contributed by atoms with Crippen LogP contribution in [0.5, 0.6) is 0 Å². The summed E-state index contributed by atoms with van der Waals surface area (Å²) in [5.41, 5.74) is 5.43. The fraction of sp³-hybridized carbons (Fsp3) is 0.929. The summed E-state index contributed by atoms with van der Waals surface area (Å²) in [6.07, 6.45) is 4.90. The number of carbonyl (C=O) groups excluding carboxylic acids is 1. The van der Waals surface area contributed by atoms with Gasteiger partial charge in [-0.25, -0.2) is 0 Å². The molecule has 1 rings (SSSR count). The van der Waals surface area contributed by atoms with Gasteiger partial charge in [-0.3, -0.25) is 9.69 Å². The quantitative estimate of drug-likeness (QED) is 0.607. The Bertz CT molecular complexity index is 243. The Morgan fingerprint density at radius 1 is 1.26 bits per heavy atom. The number of unbranched alkanes of at least 4 members (excludes halogenated alkanes) is 3. The number of rotatable bonds is 9. The fourth-order valence-electron chi connectivity index (χ4n) is 2.35. The predicted octanol–water partition coefficient (Wildman–Crippen LogP) is 0.733. The van der Waals surface area contributed by atoms with Gasteiger partial charge >= 0.3 is 0 Å². The van der Waals surface area contributed by atoms with Crippen molar-refractivity contribution in [1.82, 2.24) is 10.2 Å². The van der Waals surface area contributed by atoms with Crippen molar-refractivity contribution in [3.8, 4) is 0 Å². The topological polar surface area (TPSA) is 67.6 Å². The fourth-order valence-corrected chi connectivity index (χ4v) is 2.35. The monoisotopic (exact) mass is 271 g/mol. The van der Waals surface area contributed by atoms with Crippen molar-refractivity contribution in [3.63, 3.8) is 0 Å². The summed E-state index contributed by atoms with van der Waals surface area (Å²) in [6, 6.07) is 0.217. The molecule has 0 aromatic rings. The van der Waals surface area contributed by atoms with Crippen molar-refractivity contribution < 1.29 is 9.53 Å². The van der Waals surface area contributed by atoms with Crippen molar-refractivity contribution in [2.24, 2.45) is 5.73 Å². The molecule has 0 bridgehead atoms. The highest BCUT2D eigenvalue weighted by Gasteiger charge is 2.14. The van der Waals surface area contributed by atoms with E-state index in [0.29, 0.717) is 6.42 Å². The Labute approximate surface area is 116 Å². The van der Waals surface area contributed by atoms with Crippen molar-refractivity contribution in [3.05, 3.63) is 0 Å². The molecule has 19 heavy (non-hydrogen) atoms. The zero-order valence-electron chi connectivity index (χ0n) is 12.2. The van der Waals surface area contributed by atoms with Crippen LogP contribution in [0.25, 0.3) is 0 Å². The SMILES string of the molecule is CC(CN1CCOCC1)NC(=O)CCCCCCN. The second-order valence-electron chi connectivity index (χ2n) is 5.33. The number of hydrogen-bond acceptors (Lipinski definition) is 4. The average Bonchev–Trinajstić information content (AvgIpc) is 2.39. The molecule has 1 heterocycles. The van der Waals surface area contributed by atoms with Crippen LogP contribution in [-0.2, 0) is 9.53 Å². The van der Waals surface area contributed by atoms with Crippen LogP contribution in [-0.4, -0.2) is 56.2 Å². The predicted molar refractivity (Wildman–Crippen MR) is 77.0 cm³/mol. The molecular weight excluding hydrogens is 242 g/mol. The molecule has 1 aliphatic heterocycles. The molecule has 1 atom stereocenters. The molecule has 3 N–H and O–H groups in total. The van der Waals surface area contributed by atoms with E-state index < -0.39 is 0 Å². The number of nitrogens with one attached hydrogen (secondary N) is 1. The molecule has 5 nitrogen and oxygen atoms in total. The average molecular weight is 271 g/mol. The van der Waals surface area contributed by atoms with E-state index in [1.54, 1.807) is 0 Å². The van der Waals surface area contributed by atoms with Gasteiger partial charge in [-0.05, 0) is 26.3 Å². The minimum Gasteiger partial charge on any atom is -0.379 e.